The maximum Gasteiger partial charge on any atom is 0.243 e. The molecule has 1 N–H and O–H groups in total. The molecule has 0 aromatic heterocycles. The van der Waals surface area contributed by atoms with Crippen molar-refractivity contribution >= 4 is 21.6 Å². The summed E-state index contributed by atoms with van der Waals surface area (Å²) >= 11 is 0. The van der Waals surface area contributed by atoms with Crippen molar-refractivity contribution in [3.05, 3.63) is 24.3 Å². The van der Waals surface area contributed by atoms with Crippen LogP contribution in [0.25, 0.3) is 0 Å². The first-order valence-electron chi connectivity index (χ1n) is 9.34. The molecule has 5 nitrogen and oxygen atoms in total. The highest BCUT2D eigenvalue weighted by atomic mass is 32.2. The lowest BCUT2D eigenvalue weighted by Crippen LogP contribution is -2.30. The average Bonchev–Trinajstić information content (AvgIpc) is 3.19. The predicted octanol–water partition coefficient (Wildman–Crippen LogP) is 3.48. The van der Waals surface area contributed by atoms with Crippen molar-refractivity contribution in [2.75, 3.05) is 18.4 Å². The van der Waals surface area contributed by atoms with Gasteiger partial charge in [-0.15, -0.1) is 0 Å². The molecular formula is C19H28N2O3S. The van der Waals surface area contributed by atoms with Crippen LogP contribution in [0.4, 0.5) is 5.69 Å². The van der Waals surface area contributed by atoms with E-state index in [0.29, 0.717) is 31.1 Å². The van der Waals surface area contributed by atoms with E-state index in [1.807, 2.05) is 13.8 Å². The number of nitrogens with one attached hydrogen (secondary N) is 1. The SMILES string of the molecule is CCN(CC)S(=O)(=O)c1ccc(NC(=O)CC2CC3CCC2C3)cc1. The van der Waals surface area contributed by atoms with E-state index >= 15 is 0 Å². The second-order valence-corrected chi connectivity index (χ2v) is 9.24. The fourth-order valence-electron chi connectivity index (χ4n) is 4.50. The lowest BCUT2D eigenvalue weighted by Gasteiger charge is -2.21. The normalized spacial score (nSPS) is 25.5. The predicted molar refractivity (Wildman–Crippen MR) is 98.7 cm³/mol. The summed E-state index contributed by atoms with van der Waals surface area (Å²) in [5.74, 6) is 2.14. The molecule has 2 aliphatic carbocycles. The molecular weight excluding hydrogens is 336 g/mol. The zero-order chi connectivity index (χ0) is 18.0. The van der Waals surface area contributed by atoms with Crippen LogP contribution in [-0.4, -0.2) is 31.7 Å². The van der Waals surface area contributed by atoms with Gasteiger partial charge >= 0.3 is 0 Å². The third-order valence-electron chi connectivity index (χ3n) is 5.81. The second-order valence-electron chi connectivity index (χ2n) is 7.30. The number of nitrogens with zero attached hydrogens (tertiary/aromatic N) is 1. The van der Waals surface area contributed by atoms with Gasteiger partial charge in [0, 0.05) is 25.2 Å². The standard InChI is InChI=1S/C19H28N2O3S/c1-3-21(4-2)25(23,24)18-9-7-17(8-10-18)20-19(22)13-16-12-14-5-6-15(16)11-14/h7-10,14-16H,3-6,11-13H2,1-2H3,(H,20,22). The van der Waals surface area contributed by atoms with E-state index < -0.39 is 10.0 Å². The monoisotopic (exact) mass is 364 g/mol. The number of rotatable bonds is 7. The quantitative estimate of drug-likeness (QED) is 0.805. The second kappa shape index (κ2) is 7.46. The van der Waals surface area contributed by atoms with Gasteiger partial charge in [0.15, 0.2) is 0 Å². The first-order chi connectivity index (χ1) is 11.9. The number of hydrogen-bond donors (Lipinski definition) is 1. The summed E-state index contributed by atoms with van der Waals surface area (Å²) in [7, 11) is -3.45. The van der Waals surface area contributed by atoms with E-state index in [4.69, 9.17) is 0 Å². The van der Waals surface area contributed by atoms with Gasteiger partial charge in [-0.2, -0.15) is 4.31 Å². The van der Waals surface area contributed by atoms with Gasteiger partial charge in [-0.25, -0.2) is 8.42 Å². The highest BCUT2D eigenvalue weighted by molar-refractivity contribution is 7.89. The Morgan fingerprint density at radius 3 is 2.32 bits per heavy atom. The van der Waals surface area contributed by atoms with Crippen molar-refractivity contribution in [3.8, 4) is 0 Å². The minimum atomic E-state index is -3.45. The largest absolute Gasteiger partial charge is 0.326 e. The van der Waals surface area contributed by atoms with E-state index in [-0.39, 0.29) is 10.8 Å². The fourth-order valence-corrected chi connectivity index (χ4v) is 5.96. The Hall–Kier alpha value is -1.40. The number of amides is 1. The van der Waals surface area contributed by atoms with E-state index in [0.717, 1.165) is 11.8 Å². The van der Waals surface area contributed by atoms with Crippen LogP contribution in [0.15, 0.2) is 29.2 Å². The maximum atomic E-state index is 12.5. The van der Waals surface area contributed by atoms with Crippen LogP contribution >= 0.6 is 0 Å². The summed E-state index contributed by atoms with van der Waals surface area (Å²) in [5, 5.41) is 2.92. The fraction of sp³-hybridized carbons (Fsp3) is 0.632. The molecule has 0 radical (unpaired) electrons. The van der Waals surface area contributed by atoms with Gasteiger partial charge in [-0.05, 0) is 61.3 Å². The molecule has 3 rings (SSSR count). The van der Waals surface area contributed by atoms with E-state index in [1.165, 1.54) is 30.0 Å². The molecule has 138 valence electrons. The van der Waals surface area contributed by atoms with Crippen molar-refractivity contribution in [1.29, 1.82) is 0 Å². The van der Waals surface area contributed by atoms with Crippen LogP contribution < -0.4 is 5.32 Å². The minimum absolute atomic E-state index is 0.0388. The Kier molecular flexibility index (Phi) is 5.49. The van der Waals surface area contributed by atoms with Gasteiger partial charge in [0.2, 0.25) is 15.9 Å². The summed E-state index contributed by atoms with van der Waals surface area (Å²) in [6.07, 6.45) is 5.70. The molecule has 0 aliphatic heterocycles. The Morgan fingerprint density at radius 1 is 1.12 bits per heavy atom. The zero-order valence-electron chi connectivity index (χ0n) is 15.1. The van der Waals surface area contributed by atoms with E-state index in [1.54, 1.807) is 24.3 Å². The molecule has 0 saturated heterocycles. The number of hydrogen-bond acceptors (Lipinski definition) is 3. The highest BCUT2D eigenvalue weighted by Gasteiger charge is 2.40. The van der Waals surface area contributed by atoms with Crippen molar-refractivity contribution < 1.29 is 13.2 Å². The molecule has 3 unspecified atom stereocenters. The number of benzene rings is 1. The Bertz CT molecular complexity index is 711. The molecule has 6 heteroatoms. The average molecular weight is 365 g/mol. The molecule has 1 amide bonds. The number of carbonyl (C=O) groups excluding carboxylic acids is 1. The first kappa shape index (κ1) is 18.4. The van der Waals surface area contributed by atoms with Gasteiger partial charge < -0.3 is 5.32 Å². The molecule has 3 atom stereocenters. The molecule has 2 fully saturated rings. The summed E-state index contributed by atoms with van der Waals surface area (Å²) in [6.45, 7) is 4.54. The van der Waals surface area contributed by atoms with Gasteiger partial charge in [0.25, 0.3) is 0 Å². The lowest BCUT2D eigenvalue weighted by atomic mass is 9.86. The zero-order valence-corrected chi connectivity index (χ0v) is 15.9. The van der Waals surface area contributed by atoms with Gasteiger partial charge in [-0.1, -0.05) is 20.3 Å². The smallest absolute Gasteiger partial charge is 0.243 e. The molecule has 2 bridgehead atoms. The van der Waals surface area contributed by atoms with Crippen molar-refractivity contribution in [2.45, 2.75) is 50.8 Å². The lowest BCUT2D eigenvalue weighted by molar-refractivity contribution is -0.117. The number of sulfonamides is 1. The molecule has 0 spiro atoms. The number of carbonyl (C=O) groups is 1. The number of fused-ring (bicyclic) bond motifs is 2. The Balaban J connectivity index is 1.60. The Morgan fingerprint density at radius 2 is 1.80 bits per heavy atom. The van der Waals surface area contributed by atoms with Crippen LogP contribution in [0, 0.1) is 17.8 Å². The highest BCUT2D eigenvalue weighted by Crippen LogP contribution is 2.49. The molecule has 2 aliphatic rings. The van der Waals surface area contributed by atoms with Crippen LogP contribution in [0.3, 0.4) is 0 Å². The van der Waals surface area contributed by atoms with Crippen LogP contribution in [-0.2, 0) is 14.8 Å². The third kappa shape index (κ3) is 3.90. The van der Waals surface area contributed by atoms with Gasteiger partial charge in [0.1, 0.15) is 0 Å². The van der Waals surface area contributed by atoms with Crippen molar-refractivity contribution in [3.63, 3.8) is 0 Å². The van der Waals surface area contributed by atoms with Crippen molar-refractivity contribution in [2.24, 2.45) is 17.8 Å². The summed E-state index contributed by atoms with van der Waals surface area (Å²) < 4.78 is 26.4. The topological polar surface area (TPSA) is 66.5 Å². The van der Waals surface area contributed by atoms with E-state index in [9.17, 15) is 13.2 Å². The first-order valence-corrected chi connectivity index (χ1v) is 10.8. The van der Waals surface area contributed by atoms with E-state index in [2.05, 4.69) is 5.32 Å². The molecule has 1 aromatic carbocycles. The number of anilines is 1. The maximum absolute atomic E-state index is 12.5. The minimum Gasteiger partial charge on any atom is -0.326 e. The van der Waals surface area contributed by atoms with Crippen LogP contribution in [0.2, 0.25) is 0 Å². The molecule has 1 aromatic rings. The van der Waals surface area contributed by atoms with Crippen LogP contribution in [0.1, 0.15) is 46.0 Å². The van der Waals surface area contributed by atoms with Crippen molar-refractivity contribution in [1.82, 2.24) is 4.31 Å². The Labute approximate surface area is 150 Å². The molecule has 25 heavy (non-hydrogen) atoms. The summed E-state index contributed by atoms with van der Waals surface area (Å²) in [6, 6.07) is 6.49. The summed E-state index contributed by atoms with van der Waals surface area (Å²) in [4.78, 5) is 12.6. The third-order valence-corrected chi connectivity index (χ3v) is 7.88. The molecule has 0 heterocycles. The van der Waals surface area contributed by atoms with Gasteiger partial charge in [0.05, 0.1) is 4.90 Å². The van der Waals surface area contributed by atoms with Gasteiger partial charge in [-0.3, -0.25) is 4.79 Å². The molecule has 2 saturated carbocycles. The van der Waals surface area contributed by atoms with Crippen LogP contribution in [0.5, 0.6) is 0 Å². The summed E-state index contributed by atoms with van der Waals surface area (Å²) in [5.41, 5.74) is 0.659.